The van der Waals surface area contributed by atoms with E-state index in [0.29, 0.717) is 29.4 Å². The van der Waals surface area contributed by atoms with Crippen molar-refractivity contribution < 1.29 is 28.5 Å². The molecule has 3 aromatic carbocycles. The zero-order valence-corrected chi connectivity index (χ0v) is 17.6. The molecule has 32 heavy (non-hydrogen) atoms. The molecule has 1 N–H and O–H groups in total. The number of esters is 1. The summed E-state index contributed by atoms with van der Waals surface area (Å²) in [6, 6.07) is 21.9. The summed E-state index contributed by atoms with van der Waals surface area (Å²) in [6.45, 7) is 2.44. The Morgan fingerprint density at radius 2 is 1.69 bits per heavy atom. The van der Waals surface area contributed by atoms with Gasteiger partial charge >= 0.3 is 5.97 Å². The fourth-order valence-corrected chi connectivity index (χ4v) is 3.09. The Morgan fingerprint density at radius 3 is 2.47 bits per heavy atom. The lowest BCUT2D eigenvalue weighted by molar-refractivity contribution is -0.129. The van der Waals surface area contributed by atoms with Crippen molar-refractivity contribution in [3.63, 3.8) is 0 Å². The van der Waals surface area contributed by atoms with Crippen molar-refractivity contribution in [2.24, 2.45) is 0 Å². The van der Waals surface area contributed by atoms with Gasteiger partial charge in [0.05, 0.1) is 5.56 Å². The first-order valence-electron chi connectivity index (χ1n) is 10.2. The van der Waals surface area contributed by atoms with Crippen LogP contribution in [0.15, 0.2) is 72.8 Å². The molecule has 4 rings (SSSR count). The second kappa shape index (κ2) is 9.87. The zero-order chi connectivity index (χ0) is 22.3. The van der Waals surface area contributed by atoms with Gasteiger partial charge in [-0.1, -0.05) is 36.4 Å². The number of carbonyl (C=O) groups excluding carboxylic acids is 2. The summed E-state index contributed by atoms with van der Waals surface area (Å²) in [7, 11) is 0. The maximum Gasteiger partial charge on any atom is 0.338 e. The number of fused-ring (bicyclic) bond motifs is 1. The van der Waals surface area contributed by atoms with Gasteiger partial charge in [0, 0.05) is 6.54 Å². The molecule has 1 unspecified atom stereocenters. The summed E-state index contributed by atoms with van der Waals surface area (Å²) >= 11 is 0. The molecule has 7 heteroatoms. The van der Waals surface area contributed by atoms with Crippen LogP contribution >= 0.6 is 0 Å². The fourth-order valence-electron chi connectivity index (χ4n) is 3.09. The third-order valence-corrected chi connectivity index (χ3v) is 4.90. The summed E-state index contributed by atoms with van der Waals surface area (Å²) in [4.78, 5) is 24.7. The van der Waals surface area contributed by atoms with Crippen LogP contribution in [0.4, 0.5) is 0 Å². The molecule has 1 atom stereocenters. The number of hydrogen-bond donors (Lipinski definition) is 1. The molecule has 7 nitrogen and oxygen atoms in total. The first-order chi connectivity index (χ1) is 15.6. The van der Waals surface area contributed by atoms with E-state index in [1.165, 1.54) is 6.92 Å². The Hall–Kier alpha value is -4.00. The van der Waals surface area contributed by atoms with Crippen LogP contribution in [0, 0.1) is 0 Å². The normalized spacial score (nSPS) is 12.7. The molecular formula is C25H23NO6. The number of hydrogen-bond acceptors (Lipinski definition) is 6. The van der Waals surface area contributed by atoms with Crippen molar-refractivity contribution in [2.45, 2.75) is 26.2 Å². The molecule has 0 saturated heterocycles. The predicted octanol–water partition coefficient (Wildman–Crippen LogP) is 3.86. The third kappa shape index (κ3) is 5.37. The monoisotopic (exact) mass is 433 g/mol. The molecule has 3 aromatic rings. The minimum Gasteiger partial charge on any atom is -0.489 e. The molecule has 0 spiro atoms. The van der Waals surface area contributed by atoms with Gasteiger partial charge in [-0.05, 0) is 54.4 Å². The van der Waals surface area contributed by atoms with Gasteiger partial charge in [-0.15, -0.1) is 0 Å². The molecule has 0 aliphatic carbocycles. The van der Waals surface area contributed by atoms with E-state index in [2.05, 4.69) is 5.32 Å². The molecule has 0 radical (unpaired) electrons. The minimum absolute atomic E-state index is 0.193. The van der Waals surface area contributed by atoms with E-state index in [1.54, 1.807) is 36.4 Å². The van der Waals surface area contributed by atoms with Gasteiger partial charge in [0.2, 0.25) is 6.79 Å². The van der Waals surface area contributed by atoms with E-state index < -0.39 is 12.1 Å². The van der Waals surface area contributed by atoms with Crippen LogP contribution in [0.2, 0.25) is 0 Å². The Balaban J connectivity index is 1.24. The van der Waals surface area contributed by atoms with E-state index in [4.69, 9.17) is 18.9 Å². The van der Waals surface area contributed by atoms with Crippen LogP contribution in [-0.4, -0.2) is 24.8 Å². The van der Waals surface area contributed by atoms with E-state index in [1.807, 2.05) is 36.4 Å². The Kier molecular flexibility index (Phi) is 6.55. The first kappa shape index (κ1) is 21.2. The van der Waals surface area contributed by atoms with Crippen molar-refractivity contribution in [3.05, 3.63) is 89.5 Å². The summed E-state index contributed by atoms with van der Waals surface area (Å²) in [5, 5.41) is 2.76. The standard InChI is InChI=1S/C25H23NO6/c1-17(24(27)26-14-19-7-12-22-23(13-19)31-16-30-22)32-25(28)20-8-10-21(11-9-20)29-15-18-5-3-2-4-6-18/h2-13,17H,14-16H2,1H3,(H,26,27). The van der Waals surface area contributed by atoms with Crippen LogP contribution in [0.3, 0.4) is 0 Å². The number of amides is 1. The number of ether oxygens (including phenoxy) is 4. The molecule has 1 aliphatic heterocycles. The number of benzene rings is 3. The second-order valence-electron chi connectivity index (χ2n) is 7.25. The summed E-state index contributed by atoms with van der Waals surface area (Å²) in [5.41, 5.74) is 2.25. The molecule has 1 heterocycles. The molecule has 1 aliphatic rings. The minimum atomic E-state index is -0.939. The second-order valence-corrected chi connectivity index (χ2v) is 7.25. The van der Waals surface area contributed by atoms with Gasteiger partial charge in [0.15, 0.2) is 17.6 Å². The van der Waals surface area contributed by atoms with Gasteiger partial charge in [0.25, 0.3) is 5.91 Å². The van der Waals surface area contributed by atoms with E-state index in [-0.39, 0.29) is 19.2 Å². The van der Waals surface area contributed by atoms with Crippen molar-refractivity contribution in [2.75, 3.05) is 6.79 Å². The molecule has 0 aromatic heterocycles. The molecule has 0 bridgehead atoms. The van der Waals surface area contributed by atoms with Crippen molar-refractivity contribution >= 4 is 11.9 Å². The topological polar surface area (TPSA) is 83.1 Å². The highest BCUT2D eigenvalue weighted by Gasteiger charge is 2.19. The van der Waals surface area contributed by atoms with Crippen molar-refractivity contribution in [1.29, 1.82) is 0 Å². The van der Waals surface area contributed by atoms with Gasteiger partial charge in [-0.25, -0.2) is 4.79 Å². The molecule has 164 valence electrons. The van der Waals surface area contributed by atoms with E-state index in [9.17, 15) is 9.59 Å². The van der Waals surface area contributed by atoms with Gasteiger partial charge in [-0.3, -0.25) is 4.79 Å². The highest BCUT2D eigenvalue weighted by atomic mass is 16.7. The van der Waals surface area contributed by atoms with Crippen LogP contribution in [-0.2, 0) is 22.7 Å². The summed E-state index contributed by atoms with van der Waals surface area (Å²) in [6.07, 6.45) is -0.939. The number of carbonyl (C=O) groups is 2. The Morgan fingerprint density at radius 1 is 0.938 bits per heavy atom. The quantitative estimate of drug-likeness (QED) is 0.544. The smallest absolute Gasteiger partial charge is 0.338 e. The van der Waals surface area contributed by atoms with Crippen LogP contribution in [0.5, 0.6) is 17.2 Å². The lowest BCUT2D eigenvalue weighted by Gasteiger charge is -2.14. The first-order valence-corrected chi connectivity index (χ1v) is 10.2. The van der Waals surface area contributed by atoms with Gasteiger partial charge in [0.1, 0.15) is 12.4 Å². The summed E-state index contributed by atoms with van der Waals surface area (Å²) in [5.74, 6) is 0.996. The fraction of sp³-hybridized carbons (Fsp3) is 0.200. The van der Waals surface area contributed by atoms with Crippen LogP contribution in [0.1, 0.15) is 28.4 Å². The van der Waals surface area contributed by atoms with Gasteiger partial charge in [-0.2, -0.15) is 0 Å². The van der Waals surface area contributed by atoms with Crippen molar-refractivity contribution in [3.8, 4) is 17.2 Å². The zero-order valence-electron chi connectivity index (χ0n) is 17.6. The average Bonchev–Trinajstić information content (AvgIpc) is 3.30. The molecular weight excluding hydrogens is 410 g/mol. The maximum absolute atomic E-state index is 12.4. The van der Waals surface area contributed by atoms with Crippen molar-refractivity contribution in [1.82, 2.24) is 5.32 Å². The highest BCUT2D eigenvalue weighted by molar-refractivity contribution is 5.92. The van der Waals surface area contributed by atoms with Crippen LogP contribution < -0.4 is 19.5 Å². The number of nitrogens with one attached hydrogen (secondary N) is 1. The van der Waals surface area contributed by atoms with Crippen LogP contribution in [0.25, 0.3) is 0 Å². The molecule has 1 amide bonds. The van der Waals surface area contributed by atoms with E-state index in [0.717, 1.165) is 11.1 Å². The molecule has 0 saturated carbocycles. The third-order valence-electron chi connectivity index (χ3n) is 4.90. The largest absolute Gasteiger partial charge is 0.489 e. The SMILES string of the molecule is CC(OC(=O)c1ccc(OCc2ccccc2)cc1)C(=O)NCc1ccc2c(c1)OCO2. The number of rotatable bonds is 8. The Bertz CT molecular complexity index is 1080. The van der Waals surface area contributed by atoms with Gasteiger partial charge < -0.3 is 24.3 Å². The maximum atomic E-state index is 12.4. The Labute approximate surface area is 185 Å². The lowest BCUT2D eigenvalue weighted by atomic mass is 10.2. The van der Waals surface area contributed by atoms with E-state index >= 15 is 0 Å². The lowest BCUT2D eigenvalue weighted by Crippen LogP contribution is -2.35. The highest BCUT2D eigenvalue weighted by Crippen LogP contribution is 2.32. The molecule has 0 fully saturated rings. The summed E-state index contributed by atoms with van der Waals surface area (Å²) < 4.78 is 21.6. The average molecular weight is 433 g/mol. The predicted molar refractivity (Wildman–Crippen MR) is 117 cm³/mol.